The van der Waals surface area contributed by atoms with Gasteiger partial charge in [0.25, 0.3) is 0 Å². The van der Waals surface area contributed by atoms with Gasteiger partial charge in [-0.1, -0.05) is 97.1 Å². The third kappa shape index (κ3) is 2.02. The Labute approximate surface area is 191 Å². The molecule has 0 bridgehead atoms. The van der Waals surface area contributed by atoms with Crippen LogP contribution in [0.25, 0.3) is 72.7 Å². The van der Waals surface area contributed by atoms with E-state index in [-0.39, 0.29) is 0 Å². The molecule has 0 fully saturated rings. The van der Waals surface area contributed by atoms with Crippen LogP contribution in [0.2, 0.25) is 0 Å². The molecule has 0 saturated heterocycles. The van der Waals surface area contributed by atoms with E-state index in [9.17, 15) is 0 Å². The van der Waals surface area contributed by atoms with E-state index < -0.39 is 0 Å². The van der Waals surface area contributed by atoms with Gasteiger partial charge in [-0.2, -0.15) is 0 Å². The number of fused-ring (bicyclic) bond motifs is 15. The molecule has 0 saturated carbocycles. The molecule has 0 radical (unpaired) electrons. The van der Waals surface area contributed by atoms with Gasteiger partial charge >= 0.3 is 0 Å². The second-order valence-corrected chi connectivity index (χ2v) is 10.5. The lowest BCUT2D eigenvalue weighted by Gasteiger charge is -2.07. The number of thiophene rings is 2. The molecule has 32 heavy (non-hydrogen) atoms. The maximum atomic E-state index is 2.30. The maximum Gasteiger partial charge on any atom is 0.0549 e. The van der Waals surface area contributed by atoms with E-state index in [1.807, 2.05) is 22.7 Å². The SMILES string of the molecule is c1ccc2c(c1)c1ccccc1c1c2sc2c1sc1c3ccccc3c3ccccc3c12. The molecule has 0 aliphatic rings. The summed E-state index contributed by atoms with van der Waals surface area (Å²) in [6.45, 7) is 0. The Morgan fingerprint density at radius 3 is 0.938 bits per heavy atom. The van der Waals surface area contributed by atoms with Gasteiger partial charge in [-0.15, -0.1) is 22.7 Å². The van der Waals surface area contributed by atoms with Crippen molar-refractivity contribution < 1.29 is 0 Å². The van der Waals surface area contributed by atoms with Gasteiger partial charge in [0.05, 0.1) is 9.40 Å². The van der Waals surface area contributed by atoms with E-state index >= 15 is 0 Å². The van der Waals surface area contributed by atoms with Crippen LogP contribution < -0.4 is 0 Å². The Morgan fingerprint density at radius 2 is 0.562 bits per heavy atom. The van der Waals surface area contributed by atoms with Crippen molar-refractivity contribution in [3.8, 4) is 0 Å². The molecule has 0 amide bonds. The summed E-state index contributed by atoms with van der Waals surface area (Å²) >= 11 is 3.95. The van der Waals surface area contributed by atoms with E-state index in [2.05, 4.69) is 97.1 Å². The zero-order chi connectivity index (χ0) is 20.8. The molecule has 0 atom stereocenters. The number of rotatable bonds is 0. The van der Waals surface area contributed by atoms with Crippen molar-refractivity contribution in [2.24, 2.45) is 0 Å². The van der Waals surface area contributed by atoms with Crippen molar-refractivity contribution in [3.63, 3.8) is 0 Å². The fourth-order valence-corrected chi connectivity index (χ4v) is 8.52. The third-order valence-electron chi connectivity index (χ3n) is 6.84. The minimum Gasteiger partial charge on any atom is -0.133 e. The summed E-state index contributed by atoms with van der Waals surface area (Å²) in [6, 6.07) is 35.6. The largest absolute Gasteiger partial charge is 0.133 e. The normalized spacial score (nSPS) is 12.4. The maximum absolute atomic E-state index is 2.30. The highest BCUT2D eigenvalue weighted by Crippen LogP contribution is 2.52. The van der Waals surface area contributed by atoms with E-state index in [0.717, 1.165) is 0 Å². The summed E-state index contributed by atoms with van der Waals surface area (Å²) in [5, 5.41) is 13.7. The fourth-order valence-electron chi connectivity index (χ4n) is 5.51. The highest BCUT2D eigenvalue weighted by molar-refractivity contribution is 7.37. The average Bonchev–Trinajstić information content (AvgIpc) is 3.41. The second kappa shape index (κ2) is 6.07. The van der Waals surface area contributed by atoms with E-state index in [1.54, 1.807) is 0 Å². The molecule has 0 spiro atoms. The van der Waals surface area contributed by atoms with Gasteiger partial charge in [-0.05, 0) is 32.3 Å². The van der Waals surface area contributed by atoms with Crippen LogP contribution >= 0.6 is 22.7 Å². The molecule has 2 heteroatoms. The minimum absolute atomic E-state index is 1.35. The van der Waals surface area contributed by atoms with Gasteiger partial charge in [-0.3, -0.25) is 0 Å². The Kier molecular flexibility index (Phi) is 3.25. The molecule has 0 N–H and O–H groups in total. The molecule has 8 rings (SSSR count). The van der Waals surface area contributed by atoms with Gasteiger partial charge in [0.1, 0.15) is 0 Å². The van der Waals surface area contributed by atoms with Crippen LogP contribution in [0, 0.1) is 0 Å². The van der Waals surface area contributed by atoms with Crippen LogP contribution in [0.1, 0.15) is 0 Å². The summed E-state index contributed by atoms with van der Waals surface area (Å²) in [7, 11) is 0. The smallest absolute Gasteiger partial charge is 0.0549 e. The molecule has 8 aromatic rings. The van der Waals surface area contributed by atoms with Gasteiger partial charge in [0.15, 0.2) is 0 Å². The highest BCUT2D eigenvalue weighted by Gasteiger charge is 2.20. The van der Waals surface area contributed by atoms with Crippen molar-refractivity contribution in [2.75, 3.05) is 0 Å². The van der Waals surface area contributed by atoms with Crippen molar-refractivity contribution in [3.05, 3.63) is 97.1 Å². The number of hydrogen-bond donors (Lipinski definition) is 0. The first kappa shape index (κ1) is 17.1. The molecule has 0 aliphatic heterocycles. The summed E-state index contributed by atoms with van der Waals surface area (Å²) in [6.07, 6.45) is 0. The van der Waals surface area contributed by atoms with Crippen molar-refractivity contribution in [1.82, 2.24) is 0 Å². The molecular weight excluding hydrogens is 424 g/mol. The lowest BCUT2D eigenvalue weighted by atomic mass is 9.97. The highest BCUT2D eigenvalue weighted by atomic mass is 32.1. The van der Waals surface area contributed by atoms with Crippen molar-refractivity contribution in [2.45, 2.75) is 0 Å². The van der Waals surface area contributed by atoms with Crippen molar-refractivity contribution >= 4 is 95.3 Å². The molecule has 0 aliphatic carbocycles. The quantitative estimate of drug-likeness (QED) is 0.206. The van der Waals surface area contributed by atoms with E-state index in [0.29, 0.717) is 0 Å². The van der Waals surface area contributed by atoms with Crippen LogP contribution in [-0.2, 0) is 0 Å². The molecular formula is C30H16S2. The Balaban J connectivity index is 1.74. The third-order valence-corrected chi connectivity index (χ3v) is 9.45. The molecule has 6 aromatic carbocycles. The first-order valence-electron chi connectivity index (χ1n) is 10.9. The average molecular weight is 441 g/mol. The van der Waals surface area contributed by atoms with Gasteiger partial charge < -0.3 is 0 Å². The standard InChI is InChI=1S/C30H16S2/c1-5-13-21-17(9-1)19-11-3-7-15-23(19)27-25(21)29-30(31-27)26-22-14-6-2-10-18(22)20-12-4-8-16-24(20)28(26)32-29/h1-16H. The summed E-state index contributed by atoms with van der Waals surface area (Å²) < 4.78 is 5.70. The van der Waals surface area contributed by atoms with Gasteiger partial charge in [0.2, 0.25) is 0 Å². The molecule has 2 aromatic heterocycles. The van der Waals surface area contributed by atoms with Crippen LogP contribution in [0.4, 0.5) is 0 Å². The number of benzene rings is 6. The summed E-state index contributed by atoms with van der Waals surface area (Å²) in [5.74, 6) is 0. The van der Waals surface area contributed by atoms with Crippen molar-refractivity contribution in [1.29, 1.82) is 0 Å². The topological polar surface area (TPSA) is 0 Å². The van der Waals surface area contributed by atoms with Gasteiger partial charge in [-0.25, -0.2) is 0 Å². The zero-order valence-electron chi connectivity index (χ0n) is 17.1. The lowest BCUT2D eigenvalue weighted by molar-refractivity contribution is 1.81. The van der Waals surface area contributed by atoms with Gasteiger partial charge in [0, 0.05) is 30.9 Å². The second-order valence-electron chi connectivity index (χ2n) is 8.45. The molecule has 0 nitrogen and oxygen atoms in total. The molecule has 2 heterocycles. The van der Waals surface area contributed by atoms with Crippen LogP contribution in [0.15, 0.2) is 97.1 Å². The Bertz CT molecular complexity index is 1890. The number of hydrogen-bond acceptors (Lipinski definition) is 2. The first-order valence-corrected chi connectivity index (χ1v) is 12.5. The van der Waals surface area contributed by atoms with E-state index in [1.165, 1.54) is 72.7 Å². The Hall–Kier alpha value is -3.46. The Morgan fingerprint density at radius 1 is 0.281 bits per heavy atom. The zero-order valence-corrected chi connectivity index (χ0v) is 18.7. The first-order chi connectivity index (χ1) is 15.9. The summed E-state index contributed by atoms with van der Waals surface area (Å²) in [4.78, 5) is 0. The molecule has 148 valence electrons. The molecule has 0 unspecified atom stereocenters. The monoisotopic (exact) mass is 440 g/mol. The predicted molar refractivity (Wildman–Crippen MR) is 145 cm³/mol. The predicted octanol–water partition coefficient (Wildman–Crippen LogP) is 9.88. The lowest BCUT2D eigenvalue weighted by Crippen LogP contribution is -1.79. The van der Waals surface area contributed by atoms with E-state index in [4.69, 9.17) is 0 Å². The summed E-state index contributed by atoms with van der Waals surface area (Å²) in [5.41, 5.74) is 0. The van der Waals surface area contributed by atoms with Crippen LogP contribution in [0.5, 0.6) is 0 Å². The fraction of sp³-hybridized carbons (Fsp3) is 0. The minimum atomic E-state index is 1.35. The van der Waals surface area contributed by atoms with Crippen LogP contribution in [0.3, 0.4) is 0 Å². The van der Waals surface area contributed by atoms with Crippen LogP contribution in [-0.4, -0.2) is 0 Å².